The Balaban J connectivity index is 0.00000300. The van der Waals surface area contributed by atoms with Gasteiger partial charge in [-0.1, -0.05) is 19.9 Å². The fraction of sp³-hybridized carbons (Fsp3) is 0.727. The molecule has 164 valence electrons. The number of aromatic nitrogens is 1. The molecule has 0 spiro atoms. The number of guanidine groups is 1. The van der Waals surface area contributed by atoms with Crippen molar-refractivity contribution in [2.24, 2.45) is 10.9 Å². The van der Waals surface area contributed by atoms with Crippen molar-refractivity contribution in [1.29, 1.82) is 0 Å². The van der Waals surface area contributed by atoms with E-state index in [1.165, 1.54) is 32.2 Å². The van der Waals surface area contributed by atoms with Crippen LogP contribution in [-0.4, -0.2) is 61.2 Å². The lowest BCUT2D eigenvalue weighted by molar-refractivity contribution is 0.267. The molecule has 2 aliphatic rings. The van der Waals surface area contributed by atoms with Gasteiger partial charge in [0, 0.05) is 38.4 Å². The molecule has 2 N–H and O–H groups in total. The minimum atomic E-state index is 0. The Morgan fingerprint density at radius 3 is 2.59 bits per heavy atom. The average Bonchev–Trinajstić information content (AvgIpc) is 3.19. The van der Waals surface area contributed by atoms with E-state index >= 15 is 0 Å². The van der Waals surface area contributed by atoms with Crippen LogP contribution in [0.3, 0.4) is 0 Å². The molecule has 3 rings (SSSR count). The number of aliphatic imine (C=N–C) groups is 1. The molecule has 0 radical (unpaired) electrons. The van der Waals surface area contributed by atoms with Crippen molar-refractivity contribution in [1.82, 2.24) is 20.5 Å². The highest BCUT2D eigenvalue weighted by Crippen LogP contribution is 2.21. The summed E-state index contributed by atoms with van der Waals surface area (Å²) in [6.07, 6.45) is 7.10. The maximum atomic E-state index is 4.77. The summed E-state index contributed by atoms with van der Waals surface area (Å²) in [5, 5.41) is 6.90. The van der Waals surface area contributed by atoms with Crippen molar-refractivity contribution < 1.29 is 0 Å². The fourth-order valence-corrected chi connectivity index (χ4v) is 4.20. The van der Waals surface area contributed by atoms with E-state index in [0.717, 1.165) is 56.0 Å². The zero-order chi connectivity index (χ0) is 19.8. The monoisotopic (exact) mass is 514 g/mol. The first-order valence-corrected chi connectivity index (χ1v) is 11.2. The third kappa shape index (κ3) is 7.27. The van der Waals surface area contributed by atoms with Crippen LogP contribution in [0.15, 0.2) is 23.3 Å². The van der Waals surface area contributed by atoms with Crippen LogP contribution in [0.5, 0.6) is 0 Å². The summed E-state index contributed by atoms with van der Waals surface area (Å²) in [6, 6.07) is 4.95. The van der Waals surface area contributed by atoms with Gasteiger partial charge in [0.25, 0.3) is 0 Å². The number of rotatable bonds is 7. The van der Waals surface area contributed by atoms with Gasteiger partial charge in [-0.05, 0) is 63.2 Å². The molecule has 2 aliphatic heterocycles. The van der Waals surface area contributed by atoms with Crippen molar-refractivity contribution in [3.8, 4) is 0 Å². The molecular formula is C22H39IN6. The van der Waals surface area contributed by atoms with Crippen LogP contribution in [-0.2, 0) is 6.54 Å². The molecule has 1 aromatic rings. The molecule has 2 saturated heterocycles. The normalized spacial score (nSPS) is 21.1. The minimum Gasteiger partial charge on any atom is -0.357 e. The Morgan fingerprint density at radius 2 is 1.93 bits per heavy atom. The van der Waals surface area contributed by atoms with E-state index in [9.17, 15) is 0 Å². The van der Waals surface area contributed by atoms with Gasteiger partial charge in [-0.3, -0.25) is 4.90 Å². The summed E-state index contributed by atoms with van der Waals surface area (Å²) in [5.74, 6) is 2.85. The number of hydrogen-bond donors (Lipinski definition) is 2. The predicted molar refractivity (Wildman–Crippen MR) is 133 cm³/mol. The lowest BCUT2D eigenvalue weighted by Crippen LogP contribution is -2.44. The van der Waals surface area contributed by atoms with Gasteiger partial charge in [0.15, 0.2) is 5.96 Å². The summed E-state index contributed by atoms with van der Waals surface area (Å²) in [4.78, 5) is 14.4. The summed E-state index contributed by atoms with van der Waals surface area (Å²) < 4.78 is 0. The molecule has 0 aliphatic carbocycles. The van der Waals surface area contributed by atoms with E-state index in [1.807, 2.05) is 6.20 Å². The van der Waals surface area contributed by atoms with Crippen molar-refractivity contribution in [3.63, 3.8) is 0 Å². The Bertz CT molecular complexity index is 612. The van der Waals surface area contributed by atoms with Crippen LogP contribution in [0.25, 0.3) is 0 Å². The van der Waals surface area contributed by atoms with Gasteiger partial charge in [0.05, 0.1) is 6.54 Å². The topological polar surface area (TPSA) is 55.8 Å². The third-order valence-electron chi connectivity index (χ3n) is 6.09. The number of likely N-dealkylation sites (N-methyl/N-ethyl adjacent to an activating group) is 1. The standard InChI is InChI=1S/C22H38N6.HI/c1-4-23-22(26-17-20-7-6-12-27(20)5-2)25-16-19-8-9-21(24-15-19)28-13-10-18(3)11-14-28;/h8-9,15,18,20H,4-7,10-14,16-17H2,1-3H3,(H2,23,25,26);1H. The summed E-state index contributed by atoms with van der Waals surface area (Å²) in [6.45, 7) is 13.8. The average molecular weight is 515 g/mol. The predicted octanol–water partition coefficient (Wildman–Crippen LogP) is 3.48. The Hall–Kier alpha value is -1.09. The lowest BCUT2D eigenvalue weighted by atomic mass is 9.99. The molecule has 1 unspecified atom stereocenters. The highest BCUT2D eigenvalue weighted by atomic mass is 127. The van der Waals surface area contributed by atoms with Gasteiger partial charge in [-0.2, -0.15) is 0 Å². The first-order valence-electron chi connectivity index (χ1n) is 11.2. The SMILES string of the molecule is CCNC(=NCc1ccc(N2CCC(C)CC2)nc1)NCC1CCCN1CC.I. The highest BCUT2D eigenvalue weighted by Gasteiger charge is 2.22. The van der Waals surface area contributed by atoms with Crippen molar-refractivity contribution >= 4 is 35.8 Å². The Kier molecular flexibility index (Phi) is 10.5. The second-order valence-corrected chi connectivity index (χ2v) is 8.19. The smallest absolute Gasteiger partial charge is 0.191 e. The molecule has 7 heteroatoms. The van der Waals surface area contributed by atoms with E-state index in [0.29, 0.717) is 12.6 Å². The zero-order valence-corrected chi connectivity index (χ0v) is 20.7. The van der Waals surface area contributed by atoms with Crippen LogP contribution in [0.4, 0.5) is 5.82 Å². The largest absolute Gasteiger partial charge is 0.357 e. The van der Waals surface area contributed by atoms with E-state index in [-0.39, 0.29) is 24.0 Å². The number of pyridine rings is 1. The molecule has 0 bridgehead atoms. The van der Waals surface area contributed by atoms with Gasteiger partial charge < -0.3 is 15.5 Å². The summed E-state index contributed by atoms with van der Waals surface area (Å²) in [7, 11) is 0. The maximum Gasteiger partial charge on any atom is 0.191 e. The summed E-state index contributed by atoms with van der Waals surface area (Å²) >= 11 is 0. The maximum absolute atomic E-state index is 4.77. The van der Waals surface area contributed by atoms with Crippen LogP contribution < -0.4 is 15.5 Å². The summed E-state index contributed by atoms with van der Waals surface area (Å²) in [5.41, 5.74) is 1.15. The number of likely N-dealkylation sites (tertiary alicyclic amines) is 1. The van der Waals surface area contributed by atoms with Gasteiger partial charge in [-0.25, -0.2) is 9.98 Å². The highest BCUT2D eigenvalue weighted by molar-refractivity contribution is 14.0. The van der Waals surface area contributed by atoms with Gasteiger partial charge in [0.2, 0.25) is 0 Å². The van der Waals surface area contributed by atoms with Gasteiger partial charge in [0.1, 0.15) is 5.82 Å². The van der Waals surface area contributed by atoms with Crippen LogP contribution in [0, 0.1) is 5.92 Å². The molecule has 0 aromatic carbocycles. The number of nitrogens with one attached hydrogen (secondary N) is 2. The quantitative estimate of drug-likeness (QED) is 0.332. The van der Waals surface area contributed by atoms with Crippen molar-refractivity contribution in [3.05, 3.63) is 23.9 Å². The van der Waals surface area contributed by atoms with E-state index in [4.69, 9.17) is 9.98 Å². The van der Waals surface area contributed by atoms with Crippen molar-refractivity contribution in [2.45, 2.75) is 59.0 Å². The van der Waals surface area contributed by atoms with Crippen LogP contribution in [0.1, 0.15) is 52.0 Å². The number of anilines is 1. The molecule has 1 atom stereocenters. The molecule has 1 aromatic heterocycles. The molecule has 6 nitrogen and oxygen atoms in total. The second kappa shape index (κ2) is 12.6. The number of hydrogen-bond acceptors (Lipinski definition) is 4. The van der Waals surface area contributed by atoms with Gasteiger partial charge >= 0.3 is 0 Å². The number of nitrogens with zero attached hydrogens (tertiary/aromatic N) is 4. The third-order valence-corrected chi connectivity index (χ3v) is 6.09. The molecular weight excluding hydrogens is 475 g/mol. The van der Waals surface area contributed by atoms with E-state index in [2.05, 4.69) is 53.3 Å². The first kappa shape index (κ1) is 24.2. The fourth-order valence-electron chi connectivity index (χ4n) is 4.20. The van der Waals surface area contributed by atoms with Crippen molar-refractivity contribution in [2.75, 3.05) is 44.2 Å². The van der Waals surface area contributed by atoms with Crippen LogP contribution in [0.2, 0.25) is 0 Å². The minimum absolute atomic E-state index is 0. The molecule has 2 fully saturated rings. The lowest BCUT2D eigenvalue weighted by Gasteiger charge is -2.31. The number of piperidine rings is 1. The molecule has 3 heterocycles. The Labute approximate surface area is 194 Å². The first-order chi connectivity index (χ1) is 13.7. The molecule has 0 saturated carbocycles. The van der Waals surface area contributed by atoms with Gasteiger partial charge in [-0.15, -0.1) is 24.0 Å². The molecule has 0 amide bonds. The molecule has 29 heavy (non-hydrogen) atoms. The van der Waals surface area contributed by atoms with E-state index in [1.54, 1.807) is 0 Å². The van der Waals surface area contributed by atoms with E-state index < -0.39 is 0 Å². The number of halogens is 1. The second-order valence-electron chi connectivity index (χ2n) is 8.19. The van der Waals surface area contributed by atoms with Crippen LogP contribution >= 0.6 is 24.0 Å². The Morgan fingerprint density at radius 1 is 1.14 bits per heavy atom. The zero-order valence-electron chi connectivity index (χ0n) is 18.4.